The number of fused-ring (bicyclic) bond motifs is 1. The number of H-pyrrole nitrogens is 1. The van der Waals surface area contributed by atoms with Gasteiger partial charge in [0.1, 0.15) is 5.82 Å². The molecule has 0 atom stereocenters. The van der Waals surface area contributed by atoms with Crippen LogP contribution in [-0.2, 0) is 17.6 Å². The number of carbonyl (C=O) groups excluding carboxylic acids is 1. The third-order valence-electron chi connectivity index (χ3n) is 4.23. The van der Waals surface area contributed by atoms with E-state index in [0.717, 1.165) is 35.0 Å². The van der Waals surface area contributed by atoms with E-state index in [9.17, 15) is 9.18 Å². The molecule has 0 aliphatic rings. The van der Waals surface area contributed by atoms with Crippen LogP contribution in [-0.4, -0.2) is 17.4 Å². The van der Waals surface area contributed by atoms with Crippen LogP contribution in [0.1, 0.15) is 23.2 Å². The summed E-state index contributed by atoms with van der Waals surface area (Å²) >= 11 is 0. The molecular formula is C20H21FN2O. The molecule has 4 heteroatoms. The number of aryl methyl sites for hydroxylation is 2. The molecule has 3 aromatic rings. The van der Waals surface area contributed by atoms with Gasteiger partial charge in [-0.2, -0.15) is 0 Å². The first-order valence-corrected chi connectivity index (χ1v) is 8.21. The van der Waals surface area contributed by atoms with Crippen molar-refractivity contribution in [3.8, 4) is 0 Å². The van der Waals surface area contributed by atoms with Gasteiger partial charge in [-0.15, -0.1) is 0 Å². The number of amides is 1. The van der Waals surface area contributed by atoms with E-state index in [1.807, 2.05) is 25.1 Å². The predicted molar refractivity (Wildman–Crippen MR) is 94.5 cm³/mol. The zero-order valence-corrected chi connectivity index (χ0v) is 13.7. The van der Waals surface area contributed by atoms with E-state index < -0.39 is 0 Å². The third kappa shape index (κ3) is 3.82. The normalized spacial score (nSPS) is 10.9. The Kier molecular flexibility index (Phi) is 4.94. The molecule has 2 N–H and O–H groups in total. The summed E-state index contributed by atoms with van der Waals surface area (Å²) in [4.78, 5) is 15.4. The molecule has 1 amide bonds. The molecule has 1 aromatic heterocycles. The fraction of sp³-hybridized carbons (Fsp3) is 0.250. The second kappa shape index (κ2) is 7.30. The first kappa shape index (κ1) is 16.2. The molecule has 3 rings (SSSR count). The number of benzene rings is 2. The van der Waals surface area contributed by atoms with Gasteiger partial charge in [0.05, 0.1) is 6.42 Å². The summed E-state index contributed by atoms with van der Waals surface area (Å²) < 4.78 is 13.5. The van der Waals surface area contributed by atoms with E-state index in [2.05, 4.69) is 22.4 Å². The molecule has 24 heavy (non-hydrogen) atoms. The summed E-state index contributed by atoms with van der Waals surface area (Å²) in [6, 6.07) is 14.8. The molecule has 0 aliphatic heterocycles. The average molecular weight is 324 g/mol. The molecule has 2 aromatic carbocycles. The summed E-state index contributed by atoms with van der Waals surface area (Å²) in [6.45, 7) is 2.55. The van der Waals surface area contributed by atoms with Crippen molar-refractivity contribution in [1.82, 2.24) is 10.3 Å². The van der Waals surface area contributed by atoms with Gasteiger partial charge in [-0.1, -0.05) is 30.3 Å². The molecule has 3 nitrogen and oxygen atoms in total. The molecule has 0 saturated heterocycles. The van der Waals surface area contributed by atoms with Crippen molar-refractivity contribution in [2.45, 2.75) is 26.2 Å². The van der Waals surface area contributed by atoms with Crippen LogP contribution in [0.25, 0.3) is 10.9 Å². The van der Waals surface area contributed by atoms with E-state index in [4.69, 9.17) is 0 Å². The van der Waals surface area contributed by atoms with Crippen molar-refractivity contribution in [2.75, 3.05) is 6.54 Å². The number of rotatable bonds is 6. The summed E-state index contributed by atoms with van der Waals surface area (Å²) in [7, 11) is 0. The van der Waals surface area contributed by atoms with Crippen molar-refractivity contribution in [3.63, 3.8) is 0 Å². The van der Waals surface area contributed by atoms with E-state index in [0.29, 0.717) is 6.54 Å². The van der Waals surface area contributed by atoms with E-state index in [1.165, 1.54) is 17.7 Å². The summed E-state index contributed by atoms with van der Waals surface area (Å²) in [5.74, 6) is -0.317. The molecular weight excluding hydrogens is 303 g/mol. The molecule has 0 spiro atoms. The topological polar surface area (TPSA) is 44.9 Å². The average Bonchev–Trinajstić information content (AvgIpc) is 2.88. The summed E-state index contributed by atoms with van der Waals surface area (Å²) in [6.07, 6.45) is 2.11. The Morgan fingerprint density at radius 3 is 2.75 bits per heavy atom. The zero-order chi connectivity index (χ0) is 16.9. The van der Waals surface area contributed by atoms with Gasteiger partial charge in [0.15, 0.2) is 0 Å². The highest BCUT2D eigenvalue weighted by atomic mass is 19.1. The van der Waals surface area contributed by atoms with Crippen LogP contribution in [0.2, 0.25) is 0 Å². The number of halogens is 1. The van der Waals surface area contributed by atoms with Gasteiger partial charge in [0.2, 0.25) is 5.91 Å². The first-order chi connectivity index (χ1) is 11.6. The number of carbonyl (C=O) groups is 1. The lowest BCUT2D eigenvalue weighted by Gasteiger charge is -2.06. The monoisotopic (exact) mass is 324 g/mol. The van der Waals surface area contributed by atoms with Crippen LogP contribution >= 0.6 is 0 Å². The van der Waals surface area contributed by atoms with E-state index in [1.54, 1.807) is 6.07 Å². The van der Waals surface area contributed by atoms with Crippen LogP contribution in [0, 0.1) is 12.7 Å². The summed E-state index contributed by atoms with van der Waals surface area (Å²) in [5, 5.41) is 3.74. The minimum atomic E-state index is -0.286. The molecule has 0 unspecified atom stereocenters. The third-order valence-corrected chi connectivity index (χ3v) is 4.23. The first-order valence-electron chi connectivity index (χ1n) is 8.21. The largest absolute Gasteiger partial charge is 0.358 e. The fourth-order valence-corrected chi connectivity index (χ4v) is 2.97. The number of hydrogen-bond donors (Lipinski definition) is 2. The maximum atomic E-state index is 13.5. The highest BCUT2D eigenvalue weighted by Crippen LogP contribution is 2.23. The number of aromatic amines is 1. The van der Waals surface area contributed by atoms with Gasteiger partial charge in [-0.25, -0.2) is 4.39 Å². The highest BCUT2D eigenvalue weighted by Gasteiger charge is 2.12. The number of nitrogens with one attached hydrogen (secondary N) is 2. The second-order valence-electron chi connectivity index (χ2n) is 6.03. The van der Waals surface area contributed by atoms with Gasteiger partial charge in [0, 0.05) is 23.1 Å². The Bertz CT molecular complexity index is 839. The predicted octanol–water partition coefficient (Wildman–Crippen LogP) is 3.91. The van der Waals surface area contributed by atoms with Crippen LogP contribution < -0.4 is 5.32 Å². The lowest BCUT2D eigenvalue weighted by molar-refractivity contribution is -0.120. The Balaban J connectivity index is 1.55. The smallest absolute Gasteiger partial charge is 0.224 e. The van der Waals surface area contributed by atoms with Crippen LogP contribution in [0.15, 0.2) is 48.5 Å². The molecule has 0 saturated carbocycles. The fourth-order valence-electron chi connectivity index (χ4n) is 2.97. The molecule has 0 aliphatic carbocycles. The van der Waals surface area contributed by atoms with Crippen LogP contribution in [0.5, 0.6) is 0 Å². The van der Waals surface area contributed by atoms with Crippen LogP contribution in [0.4, 0.5) is 4.39 Å². The second-order valence-corrected chi connectivity index (χ2v) is 6.03. The van der Waals surface area contributed by atoms with Crippen molar-refractivity contribution in [1.29, 1.82) is 0 Å². The van der Waals surface area contributed by atoms with Crippen LogP contribution in [0.3, 0.4) is 0 Å². The van der Waals surface area contributed by atoms with E-state index in [-0.39, 0.29) is 18.1 Å². The quantitative estimate of drug-likeness (QED) is 0.664. The maximum absolute atomic E-state index is 13.5. The van der Waals surface area contributed by atoms with Crippen molar-refractivity contribution in [3.05, 3.63) is 71.2 Å². The standard InChI is InChI=1S/C20H21FN2O/c1-14-17(18-12-16(21)9-10-19(18)23-14)13-20(24)22-11-5-8-15-6-3-2-4-7-15/h2-4,6-7,9-10,12,23H,5,8,11,13H2,1H3,(H,22,24). The van der Waals surface area contributed by atoms with Gasteiger partial charge in [-0.05, 0) is 49.1 Å². The minimum absolute atomic E-state index is 0.0312. The Labute approximate surface area is 140 Å². The molecule has 0 bridgehead atoms. The molecule has 0 fully saturated rings. The Hall–Kier alpha value is -2.62. The summed E-state index contributed by atoms with van der Waals surface area (Å²) in [5.41, 5.74) is 3.91. The number of hydrogen-bond acceptors (Lipinski definition) is 1. The Morgan fingerprint density at radius 2 is 1.96 bits per heavy atom. The lowest BCUT2D eigenvalue weighted by Crippen LogP contribution is -2.26. The Morgan fingerprint density at radius 1 is 1.17 bits per heavy atom. The highest BCUT2D eigenvalue weighted by molar-refractivity contribution is 5.90. The lowest BCUT2D eigenvalue weighted by atomic mass is 10.1. The zero-order valence-electron chi connectivity index (χ0n) is 13.7. The van der Waals surface area contributed by atoms with Crippen molar-refractivity contribution >= 4 is 16.8 Å². The minimum Gasteiger partial charge on any atom is -0.358 e. The van der Waals surface area contributed by atoms with Crippen molar-refractivity contribution in [2.24, 2.45) is 0 Å². The van der Waals surface area contributed by atoms with E-state index >= 15 is 0 Å². The number of aromatic nitrogens is 1. The molecule has 124 valence electrons. The maximum Gasteiger partial charge on any atom is 0.224 e. The molecule has 1 heterocycles. The van der Waals surface area contributed by atoms with Gasteiger partial charge >= 0.3 is 0 Å². The molecule has 0 radical (unpaired) electrons. The van der Waals surface area contributed by atoms with Gasteiger partial charge in [-0.3, -0.25) is 4.79 Å². The SMILES string of the molecule is Cc1[nH]c2ccc(F)cc2c1CC(=O)NCCCc1ccccc1. The van der Waals surface area contributed by atoms with Crippen molar-refractivity contribution < 1.29 is 9.18 Å². The van der Waals surface area contributed by atoms with Gasteiger partial charge in [0.25, 0.3) is 0 Å². The van der Waals surface area contributed by atoms with Gasteiger partial charge < -0.3 is 10.3 Å².